The highest BCUT2D eigenvalue weighted by atomic mass is 16.2. The number of rotatable bonds is 5. The Morgan fingerprint density at radius 2 is 2.21 bits per heavy atom. The Balaban J connectivity index is 1.49. The van der Waals surface area contributed by atoms with Gasteiger partial charge in [-0.15, -0.1) is 0 Å². The molecule has 0 spiro atoms. The van der Waals surface area contributed by atoms with E-state index in [1.54, 1.807) is 6.20 Å². The van der Waals surface area contributed by atoms with Crippen LogP contribution in [0, 0.1) is 0 Å². The molecule has 3 N–H and O–H groups in total. The Hall–Kier alpha value is -2.89. The molecule has 1 aromatic carbocycles. The van der Waals surface area contributed by atoms with Crippen molar-refractivity contribution in [2.24, 2.45) is 0 Å². The quantitative estimate of drug-likeness (QED) is 0.788. The van der Waals surface area contributed by atoms with E-state index >= 15 is 0 Å². The molecule has 0 fully saturated rings. The van der Waals surface area contributed by atoms with Crippen molar-refractivity contribution in [3.63, 3.8) is 0 Å². The average molecular weight is 324 g/mol. The van der Waals surface area contributed by atoms with E-state index in [1.165, 1.54) is 0 Å². The van der Waals surface area contributed by atoms with Crippen LogP contribution in [0.25, 0.3) is 0 Å². The zero-order valence-corrected chi connectivity index (χ0v) is 13.5. The molecule has 124 valence electrons. The van der Waals surface area contributed by atoms with Gasteiger partial charge >= 0.3 is 6.03 Å². The third-order valence-electron chi connectivity index (χ3n) is 3.99. The molecule has 1 aromatic heterocycles. The van der Waals surface area contributed by atoms with E-state index in [2.05, 4.69) is 20.9 Å². The molecule has 0 radical (unpaired) electrons. The van der Waals surface area contributed by atoms with Crippen LogP contribution < -0.4 is 16.0 Å². The number of amides is 3. The van der Waals surface area contributed by atoms with Gasteiger partial charge in [0.15, 0.2) is 0 Å². The Morgan fingerprint density at radius 3 is 3.00 bits per heavy atom. The Bertz CT molecular complexity index is 746. The summed E-state index contributed by atoms with van der Waals surface area (Å²) in [5.41, 5.74) is 3.75. The molecule has 24 heavy (non-hydrogen) atoms. The standard InChI is InChI=1S/C18H20N4O2/c1-12(13-5-6-16-14(10-13)11-17(23)22-16)21-18(24)20-9-7-15-4-2-3-8-19-15/h2-6,8,10,12H,7,9,11H2,1H3,(H,22,23)(H2,20,21,24)/t12-/m0/s1. The van der Waals surface area contributed by atoms with E-state index in [9.17, 15) is 9.59 Å². The van der Waals surface area contributed by atoms with Crippen molar-refractivity contribution in [1.82, 2.24) is 15.6 Å². The molecule has 3 rings (SSSR count). The highest BCUT2D eigenvalue weighted by Crippen LogP contribution is 2.26. The van der Waals surface area contributed by atoms with Crippen LogP contribution in [0.3, 0.4) is 0 Å². The molecule has 1 aliphatic rings. The lowest BCUT2D eigenvalue weighted by atomic mass is 10.0. The van der Waals surface area contributed by atoms with Gasteiger partial charge in [-0.25, -0.2) is 4.79 Å². The second kappa shape index (κ2) is 7.12. The van der Waals surface area contributed by atoms with Crippen molar-refractivity contribution < 1.29 is 9.59 Å². The van der Waals surface area contributed by atoms with Gasteiger partial charge < -0.3 is 16.0 Å². The molecule has 6 heteroatoms. The smallest absolute Gasteiger partial charge is 0.315 e. The molecular formula is C18H20N4O2. The first-order valence-electron chi connectivity index (χ1n) is 7.99. The number of pyridine rings is 1. The zero-order valence-electron chi connectivity index (χ0n) is 13.5. The maximum Gasteiger partial charge on any atom is 0.315 e. The summed E-state index contributed by atoms with van der Waals surface area (Å²) in [5, 5.41) is 8.55. The van der Waals surface area contributed by atoms with Crippen molar-refractivity contribution in [3.8, 4) is 0 Å². The van der Waals surface area contributed by atoms with Gasteiger partial charge in [-0.1, -0.05) is 18.2 Å². The van der Waals surface area contributed by atoms with Gasteiger partial charge in [-0.3, -0.25) is 9.78 Å². The minimum absolute atomic E-state index is 0.00928. The second-order valence-electron chi connectivity index (χ2n) is 5.83. The number of carbonyl (C=O) groups excluding carboxylic acids is 2. The molecule has 0 aliphatic carbocycles. The van der Waals surface area contributed by atoms with Gasteiger partial charge in [0.1, 0.15) is 0 Å². The Labute approximate surface area is 140 Å². The molecule has 6 nitrogen and oxygen atoms in total. The van der Waals surface area contributed by atoms with Crippen molar-refractivity contribution in [1.29, 1.82) is 0 Å². The number of hydrogen-bond acceptors (Lipinski definition) is 3. The van der Waals surface area contributed by atoms with E-state index < -0.39 is 0 Å². The van der Waals surface area contributed by atoms with E-state index in [1.807, 2.05) is 43.3 Å². The highest BCUT2D eigenvalue weighted by Gasteiger charge is 2.19. The van der Waals surface area contributed by atoms with Gasteiger partial charge in [0.25, 0.3) is 0 Å². The Morgan fingerprint density at radius 1 is 1.33 bits per heavy atom. The fourth-order valence-corrected chi connectivity index (χ4v) is 2.70. The van der Waals surface area contributed by atoms with Crippen molar-refractivity contribution in [3.05, 3.63) is 59.4 Å². The molecule has 0 saturated heterocycles. The molecule has 0 bridgehead atoms. The molecule has 1 aliphatic heterocycles. The molecule has 3 amide bonds. The van der Waals surface area contributed by atoms with E-state index in [-0.39, 0.29) is 18.0 Å². The summed E-state index contributed by atoms with van der Waals surface area (Å²) in [5.74, 6) is 0.00928. The summed E-state index contributed by atoms with van der Waals surface area (Å²) in [7, 11) is 0. The largest absolute Gasteiger partial charge is 0.338 e. The average Bonchev–Trinajstić information content (AvgIpc) is 2.94. The monoisotopic (exact) mass is 324 g/mol. The van der Waals surface area contributed by atoms with Gasteiger partial charge in [0, 0.05) is 30.5 Å². The van der Waals surface area contributed by atoms with Crippen LogP contribution >= 0.6 is 0 Å². The lowest BCUT2D eigenvalue weighted by Crippen LogP contribution is -2.38. The normalized spacial score (nSPS) is 13.8. The second-order valence-corrected chi connectivity index (χ2v) is 5.83. The van der Waals surface area contributed by atoms with Crippen LogP contribution in [0.2, 0.25) is 0 Å². The summed E-state index contributed by atoms with van der Waals surface area (Å²) in [6.07, 6.45) is 2.83. The summed E-state index contributed by atoms with van der Waals surface area (Å²) in [6.45, 7) is 2.45. The molecule has 2 heterocycles. The summed E-state index contributed by atoms with van der Waals surface area (Å²) >= 11 is 0. The van der Waals surface area contributed by atoms with Crippen LogP contribution in [-0.2, 0) is 17.6 Å². The predicted octanol–water partition coefficient (Wildman–Crippen LogP) is 2.18. The van der Waals surface area contributed by atoms with Gasteiger partial charge in [0.05, 0.1) is 12.5 Å². The van der Waals surface area contributed by atoms with Gasteiger partial charge in [-0.2, -0.15) is 0 Å². The predicted molar refractivity (Wildman–Crippen MR) is 91.7 cm³/mol. The minimum atomic E-state index is -0.215. The molecular weight excluding hydrogens is 304 g/mol. The van der Waals surface area contributed by atoms with E-state index in [0.29, 0.717) is 19.4 Å². The van der Waals surface area contributed by atoms with Crippen molar-refractivity contribution in [2.45, 2.75) is 25.8 Å². The lowest BCUT2D eigenvalue weighted by Gasteiger charge is -2.16. The van der Waals surface area contributed by atoms with Crippen LogP contribution in [0.1, 0.15) is 29.8 Å². The molecule has 1 atom stereocenters. The topological polar surface area (TPSA) is 83.1 Å². The number of fused-ring (bicyclic) bond motifs is 1. The first-order chi connectivity index (χ1) is 11.6. The number of hydrogen-bond donors (Lipinski definition) is 3. The SMILES string of the molecule is C[C@H](NC(=O)NCCc1ccccn1)c1ccc2c(c1)CC(=O)N2. The number of anilines is 1. The van der Waals surface area contributed by atoms with Gasteiger partial charge in [-0.05, 0) is 36.2 Å². The first-order valence-corrected chi connectivity index (χ1v) is 7.99. The molecule has 0 saturated carbocycles. The fraction of sp³-hybridized carbons (Fsp3) is 0.278. The number of carbonyl (C=O) groups is 2. The van der Waals surface area contributed by atoms with Gasteiger partial charge in [0.2, 0.25) is 5.91 Å². The number of nitrogens with one attached hydrogen (secondary N) is 3. The maximum absolute atomic E-state index is 12.0. The van der Waals surface area contributed by atoms with Crippen LogP contribution in [0.15, 0.2) is 42.6 Å². The summed E-state index contributed by atoms with van der Waals surface area (Å²) in [6, 6.07) is 11.1. The number of nitrogens with zero attached hydrogens (tertiary/aromatic N) is 1. The van der Waals surface area contributed by atoms with Crippen molar-refractivity contribution in [2.75, 3.05) is 11.9 Å². The van der Waals surface area contributed by atoms with Crippen LogP contribution in [0.4, 0.5) is 10.5 Å². The lowest BCUT2D eigenvalue weighted by molar-refractivity contribution is -0.115. The number of benzene rings is 1. The van der Waals surface area contributed by atoms with Crippen LogP contribution in [-0.4, -0.2) is 23.5 Å². The summed E-state index contributed by atoms with van der Waals surface area (Å²) < 4.78 is 0. The third-order valence-corrected chi connectivity index (χ3v) is 3.99. The molecule has 0 unspecified atom stereocenters. The third kappa shape index (κ3) is 3.90. The van der Waals surface area contributed by atoms with Crippen molar-refractivity contribution >= 4 is 17.6 Å². The number of urea groups is 1. The van der Waals surface area contributed by atoms with Crippen LogP contribution in [0.5, 0.6) is 0 Å². The highest BCUT2D eigenvalue weighted by molar-refractivity contribution is 5.99. The Kier molecular flexibility index (Phi) is 4.74. The molecule has 2 aromatic rings. The zero-order chi connectivity index (χ0) is 16.9. The number of aromatic nitrogens is 1. The van der Waals surface area contributed by atoms with E-state index in [4.69, 9.17) is 0 Å². The minimum Gasteiger partial charge on any atom is -0.338 e. The summed E-state index contributed by atoms with van der Waals surface area (Å²) in [4.78, 5) is 27.6. The fourth-order valence-electron chi connectivity index (χ4n) is 2.70. The van der Waals surface area contributed by atoms with E-state index in [0.717, 1.165) is 22.5 Å². The first kappa shape index (κ1) is 16.0. The maximum atomic E-state index is 12.0.